The van der Waals surface area contributed by atoms with Gasteiger partial charge in [-0.3, -0.25) is 4.72 Å². The van der Waals surface area contributed by atoms with Crippen LogP contribution < -0.4 is 4.72 Å². The van der Waals surface area contributed by atoms with Crippen LogP contribution in [0.25, 0.3) is 0 Å². The molecule has 0 aliphatic rings. The molecule has 0 fully saturated rings. The molecule has 0 saturated heterocycles. The van der Waals surface area contributed by atoms with Gasteiger partial charge in [-0.05, 0) is 25.1 Å². The minimum Gasteiger partial charge on any atom is -0.478 e. The van der Waals surface area contributed by atoms with Gasteiger partial charge in [0.1, 0.15) is 0 Å². The summed E-state index contributed by atoms with van der Waals surface area (Å²) in [6, 6.07) is 3.87. The number of nitrogens with one attached hydrogen (secondary N) is 1. The van der Waals surface area contributed by atoms with Crippen molar-refractivity contribution in [2.45, 2.75) is 11.1 Å². The van der Waals surface area contributed by atoms with E-state index < -0.39 is 16.0 Å². The maximum atomic E-state index is 12.1. The number of benzene rings is 1. The van der Waals surface area contributed by atoms with Crippen LogP contribution in [0.3, 0.4) is 0 Å². The fourth-order valence-electron chi connectivity index (χ4n) is 1.42. The minimum absolute atomic E-state index is 0.0362. The number of nitrogens with zero attached hydrogens (tertiary/aromatic N) is 1. The van der Waals surface area contributed by atoms with Crippen LogP contribution in [0.1, 0.15) is 15.4 Å². The fourth-order valence-corrected chi connectivity index (χ4v) is 3.78. The Hall–Kier alpha value is -1.64. The maximum absolute atomic E-state index is 12.1. The van der Waals surface area contributed by atoms with Gasteiger partial charge in [-0.2, -0.15) is 0 Å². The lowest BCUT2D eigenvalue weighted by atomic mass is 10.2. The molecule has 0 spiro atoms. The molecule has 2 N–H and O–H groups in total. The van der Waals surface area contributed by atoms with Crippen LogP contribution >= 0.6 is 22.9 Å². The molecule has 0 atom stereocenters. The third-order valence-electron chi connectivity index (χ3n) is 2.31. The Morgan fingerprint density at radius 2 is 2.15 bits per heavy atom. The first-order chi connectivity index (χ1) is 9.29. The lowest BCUT2D eigenvalue weighted by molar-refractivity contribution is 0.0697. The number of hydrogen-bond acceptors (Lipinski definition) is 5. The molecule has 0 bridgehead atoms. The molecule has 0 saturated carbocycles. The molecule has 106 valence electrons. The van der Waals surface area contributed by atoms with E-state index in [0.29, 0.717) is 5.01 Å². The first kappa shape index (κ1) is 14.8. The van der Waals surface area contributed by atoms with E-state index in [1.165, 1.54) is 18.3 Å². The van der Waals surface area contributed by atoms with E-state index in [4.69, 9.17) is 16.7 Å². The van der Waals surface area contributed by atoms with Crippen molar-refractivity contribution < 1.29 is 18.3 Å². The molecule has 0 radical (unpaired) electrons. The van der Waals surface area contributed by atoms with Gasteiger partial charge in [0.25, 0.3) is 10.0 Å². The summed E-state index contributed by atoms with van der Waals surface area (Å²) in [4.78, 5) is 14.8. The number of carboxylic acid groups (broad SMARTS) is 1. The average molecular weight is 333 g/mol. The second-order valence-electron chi connectivity index (χ2n) is 3.80. The molecule has 1 heterocycles. The quantitative estimate of drug-likeness (QED) is 0.897. The SMILES string of the molecule is Cc1ncc(S(=O)(=O)Nc2ccc(Cl)c(C(=O)O)c2)s1. The Bertz CT molecular complexity index is 770. The number of hydrogen-bond donors (Lipinski definition) is 2. The zero-order valence-electron chi connectivity index (χ0n) is 10.1. The number of carbonyl (C=O) groups is 1. The van der Waals surface area contributed by atoms with E-state index in [9.17, 15) is 13.2 Å². The zero-order chi connectivity index (χ0) is 14.9. The highest BCUT2D eigenvalue weighted by Gasteiger charge is 2.18. The Balaban J connectivity index is 2.35. The van der Waals surface area contributed by atoms with Crippen molar-refractivity contribution in [3.63, 3.8) is 0 Å². The van der Waals surface area contributed by atoms with E-state index in [-0.39, 0.29) is 20.5 Å². The van der Waals surface area contributed by atoms with Crippen LogP contribution in [0.15, 0.2) is 28.6 Å². The Labute approximate surface area is 124 Å². The Morgan fingerprint density at radius 3 is 2.70 bits per heavy atom. The van der Waals surface area contributed by atoms with Gasteiger partial charge in [0, 0.05) is 5.69 Å². The average Bonchev–Trinajstić information content (AvgIpc) is 2.78. The predicted octanol–water partition coefficient (Wildman–Crippen LogP) is 2.60. The van der Waals surface area contributed by atoms with Crippen molar-refractivity contribution in [3.8, 4) is 0 Å². The monoisotopic (exact) mass is 332 g/mol. The summed E-state index contributed by atoms with van der Waals surface area (Å²) >= 11 is 6.74. The molecule has 0 amide bonds. The fraction of sp³-hybridized carbons (Fsp3) is 0.0909. The lowest BCUT2D eigenvalue weighted by Gasteiger charge is -2.07. The van der Waals surface area contributed by atoms with E-state index >= 15 is 0 Å². The summed E-state index contributed by atoms with van der Waals surface area (Å²) < 4.78 is 26.5. The molecule has 9 heteroatoms. The predicted molar refractivity (Wildman–Crippen MR) is 76.1 cm³/mol. The van der Waals surface area contributed by atoms with Crippen LogP contribution in [-0.2, 0) is 10.0 Å². The zero-order valence-corrected chi connectivity index (χ0v) is 12.5. The second-order valence-corrected chi connectivity index (χ2v) is 7.35. The Kier molecular flexibility index (Phi) is 3.98. The van der Waals surface area contributed by atoms with Crippen LogP contribution in [0.2, 0.25) is 5.02 Å². The summed E-state index contributed by atoms with van der Waals surface area (Å²) in [7, 11) is -3.78. The summed E-state index contributed by atoms with van der Waals surface area (Å²) in [5.74, 6) is -1.23. The van der Waals surface area contributed by atoms with Crippen LogP contribution in [0.5, 0.6) is 0 Å². The van der Waals surface area contributed by atoms with E-state index in [2.05, 4.69) is 9.71 Å². The number of carboxylic acids is 1. The first-order valence-electron chi connectivity index (χ1n) is 5.28. The van der Waals surface area contributed by atoms with E-state index in [0.717, 1.165) is 17.4 Å². The molecule has 6 nitrogen and oxygen atoms in total. The minimum atomic E-state index is -3.78. The molecule has 2 rings (SSSR count). The van der Waals surface area contributed by atoms with Gasteiger partial charge in [0.2, 0.25) is 0 Å². The van der Waals surface area contributed by atoms with Gasteiger partial charge in [-0.1, -0.05) is 11.6 Å². The molecule has 1 aromatic carbocycles. The molecule has 1 aromatic heterocycles. The molecule has 0 unspecified atom stereocenters. The standard InChI is InChI=1S/C11H9ClN2O4S2/c1-6-13-5-10(19-6)20(17,18)14-7-2-3-9(12)8(4-7)11(15)16/h2-5,14H,1H3,(H,15,16). The summed E-state index contributed by atoms with van der Waals surface area (Å²) in [6.45, 7) is 1.69. The third-order valence-corrected chi connectivity index (χ3v) is 5.40. The third kappa shape index (κ3) is 3.09. The number of rotatable bonds is 4. The van der Waals surface area contributed by atoms with Crippen LogP contribution in [-0.4, -0.2) is 24.5 Å². The number of aromatic carboxylic acids is 1. The van der Waals surface area contributed by atoms with Gasteiger partial charge in [-0.15, -0.1) is 11.3 Å². The van der Waals surface area contributed by atoms with Crippen molar-refractivity contribution in [1.29, 1.82) is 0 Å². The summed E-state index contributed by atoms with van der Waals surface area (Å²) in [5, 5.41) is 9.59. The lowest BCUT2D eigenvalue weighted by Crippen LogP contribution is -2.12. The maximum Gasteiger partial charge on any atom is 0.337 e. The summed E-state index contributed by atoms with van der Waals surface area (Å²) in [6.07, 6.45) is 1.25. The van der Waals surface area contributed by atoms with Gasteiger partial charge >= 0.3 is 5.97 Å². The molecule has 20 heavy (non-hydrogen) atoms. The van der Waals surface area contributed by atoms with Gasteiger partial charge in [0.05, 0.1) is 21.8 Å². The van der Waals surface area contributed by atoms with E-state index in [1.54, 1.807) is 6.92 Å². The number of aromatic nitrogens is 1. The van der Waals surface area contributed by atoms with Gasteiger partial charge in [0.15, 0.2) is 4.21 Å². The van der Waals surface area contributed by atoms with E-state index in [1.807, 2.05) is 0 Å². The summed E-state index contributed by atoms with van der Waals surface area (Å²) in [5.41, 5.74) is -0.0507. The van der Waals surface area contributed by atoms with Crippen LogP contribution in [0.4, 0.5) is 5.69 Å². The Morgan fingerprint density at radius 1 is 1.45 bits per heavy atom. The highest BCUT2D eigenvalue weighted by molar-refractivity contribution is 7.94. The van der Waals surface area contributed by atoms with Gasteiger partial charge < -0.3 is 5.11 Å². The molecule has 0 aliphatic heterocycles. The topological polar surface area (TPSA) is 96.4 Å². The highest BCUT2D eigenvalue weighted by atomic mass is 35.5. The molecular weight excluding hydrogens is 324 g/mol. The molecule has 2 aromatic rings. The van der Waals surface area contributed by atoms with Crippen LogP contribution in [0, 0.1) is 6.92 Å². The highest BCUT2D eigenvalue weighted by Crippen LogP contribution is 2.24. The second kappa shape index (κ2) is 5.39. The normalized spacial score (nSPS) is 11.3. The number of aryl methyl sites for hydroxylation is 1. The van der Waals surface area contributed by atoms with Crippen molar-refractivity contribution in [2.24, 2.45) is 0 Å². The van der Waals surface area contributed by atoms with Gasteiger partial charge in [-0.25, -0.2) is 18.2 Å². The number of sulfonamides is 1. The number of anilines is 1. The largest absolute Gasteiger partial charge is 0.478 e. The molecular formula is C11H9ClN2O4S2. The number of thiazole rings is 1. The van der Waals surface area contributed by atoms with Crippen molar-refractivity contribution in [1.82, 2.24) is 4.98 Å². The van der Waals surface area contributed by atoms with Crippen molar-refractivity contribution in [3.05, 3.63) is 40.0 Å². The molecule has 0 aliphatic carbocycles. The number of halogens is 1. The first-order valence-corrected chi connectivity index (χ1v) is 7.95. The van der Waals surface area contributed by atoms with Crippen molar-refractivity contribution in [2.75, 3.05) is 4.72 Å². The van der Waals surface area contributed by atoms with Crippen molar-refractivity contribution >= 4 is 44.6 Å². The smallest absolute Gasteiger partial charge is 0.337 e.